The Morgan fingerprint density at radius 3 is 2.26 bits per heavy atom. The number of nitro groups is 2. The van der Waals surface area contributed by atoms with E-state index in [-0.39, 0.29) is 17.4 Å². The molecule has 0 heterocycles. The predicted octanol–water partition coefficient (Wildman–Crippen LogP) is 4.85. The molecule has 0 spiro atoms. The van der Waals surface area contributed by atoms with Crippen LogP contribution in [0.3, 0.4) is 0 Å². The predicted molar refractivity (Wildman–Crippen MR) is 124 cm³/mol. The second-order valence-electron chi connectivity index (χ2n) is 6.91. The fourth-order valence-electron chi connectivity index (χ4n) is 2.75. The smallest absolute Gasteiger partial charge is 0.318 e. The Balaban J connectivity index is 1.60. The van der Waals surface area contributed by atoms with Crippen LogP contribution in [0.5, 0.6) is 17.2 Å². The maximum absolute atomic E-state index is 12.2. The van der Waals surface area contributed by atoms with Gasteiger partial charge in [0.25, 0.3) is 11.6 Å². The molecule has 0 aliphatic rings. The number of hydrogen-bond acceptors (Lipinski definition) is 8. The van der Waals surface area contributed by atoms with Crippen molar-refractivity contribution in [2.75, 3.05) is 6.61 Å². The molecule has 34 heavy (non-hydrogen) atoms. The third-order valence-electron chi connectivity index (χ3n) is 4.43. The van der Waals surface area contributed by atoms with Crippen LogP contribution in [-0.4, -0.2) is 28.6 Å². The summed E-state index contributed by atoms with van der Waals surface area (Å²) < 4.78 is 11.0. The van der Waals surface area contributed by atoms with Crippen molar-refractivity contribution in [2.45, 2.75) is 13.3 Å². The van der Waals surface area contributed by atoms with Crippen LogP contribution >= 0.6 is 0 Å². The number of ether oxygens (including phenoxy) is 2. The van der Waals surface area contributed by atoms with Crippen LogP contribution in [0.1, 0.15) is 29.3 Å². The standard InChI is InChI=1S/C23H20N4O7/c1-2-13-33-19-10-5-17(6-11-19)23(28)25-24-15-16-3-8-20(9-4-16)34-22-12-7-18(26(29)30)14-21(22)27(31)32/h3-12,14-15H,2,13H2,1H3,(H,25,28)/b24-15-. The minimum atomic E-state index is -0.752. The van der Waals surface area contributed by atoms with Gasteiger partial charge in [-0.1, -0.05) is 6.92 Å². The summed E-state index contributed by atoms with van der Waals surface area (Å²) in [5.41, 5.74) is 2.56. The zero-order chi connectivity index (χ0) is 24.5. The number of hydrogen-bond donors (Lipinski definition) is 1. The highest BCUT2D eigenvalue weighted by Crippen LogP contribution is 2.34. The third-order valence-corrected chi connectivity index (χ3v) is 4.43. The van der Waals surface area contributed by atoms with Crippen molar-refractivity contribution in [3.8, 4) is 17.2 Å². The van der Waals surface area contributed by atoms with Crippen molar-refractivity contribution in [3.63, 3.8) is 0 Å². The first-order chi connectivity index (χ1) is 16.4. The van der Waals surface area contributed by atoms with Crippen molar-refractivity contribution in [2.24, 2.45) is 5.10 Å². The first-order valence-corrected chi connectivity index (χ1v) is 10.1. The Labute approximate surface area is 193 Å². The van der Waals surface area contributed by atoms with Crippen molar-refractivity contribution < 1.29 is 24.1 Å². The van der Waals surface area contributed by atoms with Crippen molar-refractivity contribution in [1.29, 1.82) is 0 Å². The molecular weight excluding hydrogens is 444 g/mol. The van der Waals surface area contributed by atoms with Gasteiger partial charge in [-0.2, -0.15) is 5.10 Å². The fourth-order valence-corrected chi connectivity index (χ4v) is 2.75. The second kappa shape index (κ2) is 11.2. The maximum atomic E-state index is 12.2. The molecule has 0 aliphatic heterocycles. The summed E-state index contributed by atoms with van der Waals surface area (Å²) in [5.74, 6) is 0.450. The van der Waals surface area contributed by atoms with Crippen LogP contribution in [0.2, 0.25) is 0 Å². The van der Waals surface area contributed by atoms with Gasteiger partial charge in [-0.3, -0.25) is 25.0 Å². The van der Waals surface area contributed by atoms with Crippen LogP contribution in [-0.2, 0) is 0 Å². The average Bonchev–Trinajstić information content (AvgIpc) is 2.84. The lowest BCUT2D eigenvalue weighted by molar-refractivity contribution is -0.394. The molecule has 0 fully saturated rings. The number of non-ortho nitro benzene ring substituents is 1. The summed E-state index contributed by atoms with van der Waals surface area (Å²) in [6.07, 6.45) is 2.32. The summed E-state index contributed by atoms with van der Waals surface area (Å²) in [7, 11) is 0. The molecular formula is C23H20N4O7. The number of nitro benzene ring substituents is 2. The Bertz CT molecular complexity index is 1210. The van der Waals surface area contributed by atoms with E-state index < -0.39 is 21.2 Å². The molecule has 3 rings (SSSR count). The normalized spacial score (nSPS) is 10.6. The van der Waals surface area contributed by atoms with Crippen molar-refractivity contribution >= 4 is 23.5 Å². The molecule has 0 radical (unpaired) electrons. The molecule has 174 valence electrons. The SMILES string of the molecule is CCCOc1ccc(C(=O)N/N=C\c2ccc(Oc3ccc([N+](=O)[O-])cc3[N+](=O)[O-])cc2)cc1. The first kappa shape index (κ1) is 23.9. The Kier molecular flexibility index (Phi) is 7.84. The largest absolute Gasteiger partial charge is 0.494 e. The number of carbonyl (C=O) groups is 1. The number of benzene rings is 3. The highest BCUT2D eigenvalue weighted by atomic mass is 16.6. The van der Waals surface area contributed by atoms with Gasteiger partial charge in [0.2, 0.25) is 5.75 Å². The fraction of sp³-hybridized carbons (Fsp3) is 0.130. The lowest BCUT2D eigenvalue weighted by Crippen LogP contribution is -2.17. The Hall–Kier alpha value is -4.80. The number of rotatable bonds is 10. The molecule has 0 bridgehead atoms. The maximum Gasteiger partial charge on any atom is 0.318 e. The summed E-state index contributed by atoms with van der Waals surface area (Å²) in [5, 5.41) is 26.0. The van der Waals surface area contributed by atoms with Gasteiger partial charge in [-0.15, -0.1) is 0 Å². The summed E-state index contributed by atoms with van der Waals surface area (Å²) in [6, 6.07) is 16.2. The minimum Gasteiger partial charge on any atom is -0.494 e. The molecule has 0 saturated heterocycles. The number of nitrogens with zero attached hydrogens (tertiary/aromatic N) is 3. The highest BCUT2D eigenvalue weighted by Gasteiger charge is 2.21. The first-order valence-electron chi connectivity index (χ1n) is 10.1. The molecule has 3 aromatic carbocycles. The van der Waals surface area contributed by atoms with Gasteiger partial charge in [0.05, 0.1) is 28.7 Å². The quantitative estimate of drug-likeness (QED) is 0.256. The van der Waals surface area contributed by atoms with Crippen LogP contribution in [0.4, 0.5) is 11.4 Å². The summed E-state index contributed by atoms with van der Waals surface area (Å²) in [6.45, 7) is 2.61. The van der Waals surface area contributed by atoms with Crippen LogP contribution in [0, 0.1) is 20.2 Å². The number of nitrogens with one attached hydrogen (secondary N) is 1. The molecule has 0 aliphatic carbocycles. The molecule has 0 saturated carbocycles. The molecule has 3 aromatic rings. The molecule has 0 aromatic heterocycles. The van der Waals surface area contributed by atoms with Crippen LogP contribution < -0.4 is 14.9 Å². The monoisotopic (exact) mass is 464 g/mol. The van der Waals surface area contributed by atoms with E-state index in [1.807, 2.05) is 6.92 Å². The zero-order valence-electron chi connectivity index (χ0n) is 18.0. The van der Waals surface area contributed by atoms with E-state index in [9.17, 15) is 25.0 Å². The zero-order valence-corrected chi connectivity index (χ0v) is 18.0. The molecule has 0 atom stereocenters. The summed E-state index contributed by atoms with van der Waals surface area (Å²) >= 11 is 0. The van der Waals surface area contributed by atoms with E-state index in [1.165, 1.54) is 12.3 Å². The van der Waals surface area contributed by atoms with E-state index in [2.05, 4.69) is 10.5 Å². The van der Waals surface area contributed by atoms with Crippen LogP contribution in [0.15, 0.2) is 71.8 Å². The van der Waals surface area contributed by atoms with Gasteiger partial charge >= 0.3 is 5.69 Å². The van der Waals surface area contributed by atoms with E-state index in [0.717, 1.165) is 18.6 Å². The molecule has 11 nitrogen and oxygen atoms in total. The van der Waals surface area contributed by atoms with Gasteiger partial charge in [-0.05, 0) is 66.6 Å². The Morgan fingerprint density at radius 2 is 1.65 bits per heavy atom. The number of hydrazone groups is 1. The third kappa shape index (κ3) is 6.36. The topological polar surface area (TPSA) is 146 Å². The minimum absolute atomic E-state index is 0.129. The molecule has 0 unspecified atom stereocenters. The van der Waals surface area contributed by atoms with Crippen molar-refractivity contribution in [3.05, 3.63) is 98.1 Å². The van der Waals surface area contributed by atoms with Crippen LogP contribution in [0.25, 0.3) is 0 Å². The lowest BCUT2D eigenvalue weighted by Gasteiger charge is -2.06. The van der Waals surface area contributed by atoms with E-state index in [0.29, 0.717) is 23.5 Å². The lowest BCUT2D eigenvalue weighted by atomic mass is 10.2. The van der Waals surface area contributed by atoms with Gasteiger partial charge in [0, 0.05) is 11.6 Å². The van der Waals surface area contributed by atoms with Gasteiger partial charge in [0.15, 0.2) is 0 Å². The summed E-state index contributed by atoms with van der Waals surface area (Å²) in [4.78, 5) is 32.8. The second-order valence-corrected chi connectivity index (χ2v) is 6.91. The van der Waals surface area contributed by atoms with E-state index in [1.54, 1.807) is 48.5 Å². The molecule has 11 heteroatoms. The van der Waals surface area contributed by atoms with Gasteiger partial charge < -0.3 is 9.47 Å². The average molecular weight is 464 g/mol. The van der Waals surface area contributed by atoms with E-state index in [4.69, 9.17) is 9.47 Å². The van der Waals surface area contributed by atoms with Crippen molar-refractivity contribution in [1.82, 2.24) is 5.43 Å². The Morgan fingerprint density at radius 1 is 0.971 bits per heavy atom. The molecule has 1 amide bonds. The highest BCUT2D eigenvalue weighted by molar-refractivity contribution is 5.95. The molecule has 1 N–H and O–H groups in total. The number of carbonyl (C=O) groups excluding carboxylic acids is 1. The van der Waals surface area contributed by atoms with Gasteiger partial charge in [0.1, 0.15) is 11.5 Å². The number of amides is 1. The van der Waals surface area contributed by atoms with Gasteiger partial charge in [-0.25, -0.2) is 5.43 Å². The van der Waals surface area contributed by atoms with E-state index >= 15 is 0 Å².